The number of rotatable bonds is 4. The number of hydrogen-bond acceptors (Lipinski definition) is 6. The fourth-order valence-electron chi connectivity index (χ4n) is 0.905. The predicted octanol–water partition coefficient (Wildman–Crippen LogP) is 1.61. The number of nitrogens with zero attached hydrogens (tertiary/aromatic N) is 1. The Morgan fingerprint density at radius 2 is 2.21 bits per heavy atom. The van der Waals surface area contributed by atoms with Crippen molar-refractivity contribution in [1.82, 2.24) is 4.98 Å². The molecule has 1 rings (SSSR count). The van der Waals surface area contributed by atoms with E-state index in [0.717, 1.165) is 4.34 Å². The molecule has 0 fully saturated rings. The molecule has 1 heterocycles. The van der Waals surface area contributed by atoms with Gasteiger partial charge in [-0.05, 0) is 13.2 Å². The molecule has 4 nitrogen and oxygen atoms in total. The molecule has 0 radical (unpaired) electrons. The number of thioether (sulfide) groups is 1. The van der Waals surface area contributed by atoms with Crippen LogP contribution in [0.2, 0.25) is 0 Å². The molecule has 0 saturated carbocycles. The van der Waals surface area contributed by atoms with Gasteiger partial charge < -0.3 is 5.73 Å². The summed E-state index contributed by atoms with van der Waals surface area (Å²) < 4.78 is 0.745. The van der Waals surface area contributed by atoms with Crippen LogP contribution in [0.15, 0.2) is 4.34 Å². The van der Waals surface area contributed by atoms with Gasteiger partial charge in [0.15, 0.2) is 10.1 Å². The summed E-state index contributed by atoms with van der Waals surface area (Å²) in [7, 11) is 0. The number of carbonyl (C=O) groups is 2. The Kier molecular flexibility index (Phi) is 3.65. The number of nitrogens with two attached hydrogens (primary N) is 1. The van der Waals surface area contributed by atoms with E-state index in [4.69, 9.17) is 5.73 Å². The molecule has 6 heteroatoms. The highest BCUT2D eigenvalue weighted by atomic mass is 32.2. The fraction of sp³-hybridized carbons (Fsp3) is 0.375. The van der Waals surface area contributed by atoms with E-state index < -0.39 is 0 Å². The van der Waals surface area contributed by atoms with E-state index in [-0.39, 0.29) is 23.8 Å². The van der Waals surface area contributed by atoms with Gasteiger partial charge in [-0.2, -0.15) is 0 Å². The molecule has 0 amide bonds. The summed E-state index contributed by atoms with van der Waals surface area (Å²) in [5.41, 5.74) is 5.55. The predicted molar refractivity (Wildman–Crippen MR) is 57.9 cm³/mol. The van der Waals surface area contributed by atoms with Crippen molar-refractivity contribution in [2.75, 3.05) is 12.0 Å². The molecule has 14 heavy (non-hydrogen) atoms. The summed E-state index contributed by atoms with van der Waals surface area (Å²) in [6.07, 6.45) is 1.76. The first-order chi connectivity index (χ1) is 6.54. The lowest BCUT2D eigenvalue weighted by Gasteiger charge is -1.93. The molecule has 0 saturated heterocycles. The Labute approximate surface area is 89.9 Å². The molecule has 76 valence electrons. The maximum atomic E-state index is 11.5. The van der Waals surface area contributed by atoms with Crippen LogP contribution in [0.1, 0.15) is 23.0 Å². The highest BCUT2D eigenvalue weighted by molar-refractivity contribution is 8.00. The number of anilines is 1. The van der Waals surface area contributed by atoms with Gasteiger partial charge in [0.25, 0.3) is 0 Å². The monoisotopic (exact) mass is 230 g/mol. The Balaban J connectivity index is 2.89. The van der Waals surface area contributed by atoms with Crippen molar-refractivity contribution in [3.63, 3.8) is 0 Å². The van der Waals surface area contributed by atoms with E-state index in [1.54, 1.807) is 0 Å². The van der Waals surface area contributed by atoms with Gasteiger partial charge in [0.2, 0.25) is 0 Å². The van der Waals surface area contributed by atoms with Gasteiger partial charge in [-0.15, -0.1) is 11.3 Å². The third-order valence-corrected chi connectivity index (χ3v) is 3.57. The molecule has 0 bridgehead atoms. The zero-order valence-electron chi connectivity index (χ0n) is 7.86. The smallest absolute Gasteiger partial charge is 0.183 e. The molecule has 0 aromatic carbocycles. The lowest BCUT2D eigenvalue weighted by Crippen LogP contribution is -2.05. The maximum absolute atomic E-state index is 11.5. The van der Waals surface area contributed by atoms with Crippen molar-refractivity contribution in [1.29, 1.82) is 0 Å². The molecule has 0 aliphatic carbocycles. The third-order valence-electron chi connectivity index (χ3n) is 1.47. The Hall–Kier alpha value is -0.880. The summed E-state index contributed by atoms with van der Waals surface area (Å²) in [5.74, 6) is -0.174. The number of carbonyl (C=O) groups excluding carboxylic acids is 2. The average molecular weight is 230 g/mol. The van der Waals surface area contributed by atoms with Crippen LogP contribution in [0.25, 0.3) is 0 Å². The van der Waals surface area contributed by atoms with E-state index >= 15 is 0 Å². The van der Waals surface area contributed by atoms with Crippen molar-refractivity contribution >= 4 is 40.5 Å². The van der Waals surface area contributed by atoms with E-state index in [9.17, 15) is 9.59 Å². The van der Waals surface area contributed by atoms with E-state index in [0.29, 0.717) is 4.88 Å². The molecule has 0 spiro atoms. The quantitative estimate of drug-likeness (QED) is 0.483. The Morgan fingerprint density at radius 1 is 1.57 bits per heavy atom. The van der Waals surface area contributed by atoms with Gasteiger partial charge in [0.05, 0.1) is 6.42 Å². The summed E-state index contributed by atoms with van der Waals surface area (Å²) >= 11 is 2.67. The van der Waals surface area contributed by atoms with Crippen LogP contribution in [0, 0.1) is 0 Å². The van der Waals surface area contributed by atoms with Crippen LogP contribution in [0.5, 0.6) is 0 Å². The Bertz CT molecular complexity index is 373. The van der Waals surface area contributed by atoms with Crippen molar-refractivity contribution in [3.8, 4) is 0 Å². The van der Waals surface area contributed by atoms with Gasteiger partial charge in [0.1, 0.15) is 16.5 Å². The zero-order chi connectivity index (χ0) is 10.7. The Morgan fingerprint density at radius 3 is 2.64 bits per heavy atom. The van der Waals surface area contributed by atoms with Crippen molar-refractivity contribution in [2.24, 2.45) is 0 Å². The summed E-state index contributed by atoms with van der Waals surface area (Å²) in [5, 5.41) is 0. The first-order valence-electron chi connectivity index (χ1n) is 3.87. The average Bonchev–Trinajstić information content (AvgIpc) is 2.45. The second kappa shape index (κ2) is 4.56. The lowest BCUT2D eigenvalue weighted by molar-refractivity contribution is -0.116. The largest absolute Gasteiger partial charge is 0.382 e. The van der Waals surface area contributed by atoms with Crippen LogP contribution in [0.3, 0.4) is 0 Å². The number of ketones is 2. The maximum Gasteiger partial charge on any atom is 0.183 e. The molecule has 0 aliphatic heterocycles. The second-order valence-electron chi connectivity index (χ2n) is 2.70. The van der Waals surface area contributed by atoms with Gasteiger partial charge in [-0.1, -0.05) is 11.8 Å². The minimum absolute atomic E-state index is 0.0970. The normalized spacial score (nSPS) is 10.1. The summed E-state index contributed by atoms with van der Waals surface area (Å²) in [6, 6.07) is 0. The second-order valence-corrected chi connectivity index (χ2v) is 4.75. The molecule has 0 atom stereocenters. The first kappa shape index (κ1) is 11.2. The van der Waals surface area contributed by atoms with E-state index in [1.807, 2.05) is 6.26 Å². The standard InChI is InChI=1S/C8H10N2O2S2/c1-4(11)3-5(12)6-7(9)10-8(13-2)14-6/h3,9H2,1-2H3. The van der Waals surface area contributed by atoms with Crippen LogP contribution in [-0.2, 0) is 4.79 Å². The van der Waals surface area contributed by atoms with Gasteiger partial charge >= 0.3 is 0 Å². The van der Waals surface area contributed by atoms with E-state index in [2.05, 4.69) is 4.98 Å². The number of hydrogen-bond donors (Lipinski definition) is 1. The van der Waals surface area contributed by atoms with Gasteiger partial charge in [-0.3, -0.25) is 9.59 Å². The van der Waals surface area contributed by atoms with Gasteiger partial charge in [0, 0.05) is 0 Å². The van der Waals surface area contributed by atoms with Crippen molar-refractivity contribution in [2.45, 2.75) is 17.7 Å². The third kappa shape index (κ3) is 2.55. The van der Waals surface area contributed by atoms with Crippen LogP contribution in [0.4, 0.5) is 5.82 Å². The summed E-state index contributed by atoms with van der Waals surface area (Å²) in [6.45, 7) is 1.38. The molecular weight excluding hydrogens is 220 g/mol. The van der Waals surface area contributed by atoms with E-state index in [1.165, 1.54) is 30.0 Å². The SMILES string of the molecule is CSc1nc(N)c(C(=O)CC(C)=O)s1. The number of Topliss-reactive ketones (excluding diaryl/α,β-unsaturated/α-hetero) is 2. The highest BCUT2D eigenvalue weighted by Crippen LogP contribution is 2.28. The summed E-state index contributed by atoms with van der Waals surface area (Å²) in [4.78, 5) is 26.6. The molecule has 2 N–H and O–H groups in total. The molecule has 1 aromatic heterocycles. The molecule has 0 aliphatic rings. The van der Waals surface area contributed by atoms with Crippen molar-refractivity contribution < 1.29 is 9.59 Å². The van der Waals surface area contributed by atoms with Crippen LogP contribution >= 0.6 is 23.1 Å². The molecule has 0 unspecified atom stereocenters. The van der Waals surface area contributed by atoms with Crippen LogP contribution < -0.4 is 5.73 Å². The fourth-order valence-corrected chi connectivity index (χ4v) is 2.33. The lowest BCUT2D eigenvalue weighted by atomic mass is 10.2. The highest BCUT2D eigenvalue weighted by Gasteiger charge is 2.16. The van der Waals surface area contributed by atoms with Gasteiger partial charge in [-0.25, -0.2) is 4.98 Å². The number of nitrogen functional groups attached to an aromatic ring is 1. The van der Waals surface area contributed by atoms with Crippen LogP contribution in [-0.4, -0.2) is 22.8 Å². The topological polar surface area (TPSA) is 73.0 Å². The molecule has 1 aromatic rings. The number of aromatic nitrogens is 1. The number of thiazole rings is 1. The van der Waals surface area contributed by atoms with Crippen molar-refractivity contribution in [3.05, 3.63) is 4.88 Å². The minimum atomic E-state index is -0.243. The molecular formula is C8H10N2O2S2. The minimum Gasteiger partial charge on any atom is -0.382 e. The zero-order valence-corrected chi connectivity index (χ0v) is 9.50. The first-order valence-corrected chi connectivity index (χ1v) is 5.91.